The van der Waals surface area contributed by atoms with Gasteiger partial charge in [0, 0.05) is 12.8 Å². The molecule has 5 heteroatoms. The molecule has 0 spiro atoms. The Hall–Kier alpha value is -1.20. The van der Waals surface area contributed by atoms with Crippen LogP contribution in [0.3, 0.4) is 0 Å². The average Bonchev–Trinajstić information content (AvgIpc) is 2.58. The molecule has 0 bridgehead atoms. The van der Waals surface area contributed by atoms with E-state index in [2.05, 4.69) is 11.7 Å². The smallest absolute Gasteiger partial charge is 0.305 e. The third kappa shape index (κ3) is 13.3. The second-order valence-corrected chi connectivity index (χ2v) is 6.20. The number of Topliss-reactive ketones (excluding diaryl/α,β-unsaturated/α-hetero) is 1. The Morgan fingerprint density at radius 2 is 1.54 bits per heavy atom. The molecule has 2 atom stereocenters. The van der Waals surface area contributed by atoms with E-state index in [0.717, 1.165) is 51.4 Å². The monoisotopic (exact) mass is 342 g/mol. The number of unbranched alkanes of at least 4 members (excludes halogenated alkanes) is 6. The average molecular weight is 342 g/mol. The maximum atomic E-state index is 11.6. The molecule has 140 valence electrons. The number of ketones is 1. The van der Waals surface area contributed by atoms with Gasteiger partial charge in [-0.2, -0.15) is 0 Å². The molecule has 0 saturated carbocycles. The van der Waals surface area contributed by atoms with Crippen molar-refractivity contribution in [3.8, 4) is 0 Å². The highest BCUT2D eigenvalue weighted by Crippen LogP contribution is 2.10. The molecule has 2 unspecified atom stereocenters. The fourth-order valence-corrected chi connectivity index (χ4v) is 2.39. The van der Waals surface area contributed by atoms with Gasteiger partial charge in [-0.05, 0) is 19.3 Å². The highest BCUT2D eigenvalue weighted by Gasteiger charge is 2.11. The second-order valence-electron chi connectivity index (χ2n) is 6.20. The number of carbonyl (C=O) groups is 2. The lowest BCUT2D eigenvalue weighted by molar-refractivity contribution is -0.140. The van der Waals surface area contributed by atoms with Gasteiger partial charge in [-0.3, -0.25) is 9.59 Å². The fraction of sp³-hybridized carbons (Fsp3) is 0.789. The van der Waals surface area contributed by atoms with Crippen molar-refractivity contribution in [2.24, 2.45) is 0 Å². The lowest BCUT2D eigenvalue weighted by atomic mass is 10.0. The van der Waals surface area contributed by atoms with Crippen molar-refractivity contribution >= 4 is 11.8 Å². The first kappa shape index (κ1) is 22.8. The van der Waals surface area contributed by atoms with Crippen LogP contribution < -0.4 is 0 Å². The van der Waals surface area contributed by atoms with Gasteiger partial charge in [-0.15, -0.1) is 0 Å². The largest absolute Gasteiger partial charge is 0.469 e. The molecule has 0 aromatic heterocycles. The van der Waals surface area contributed by atoms with Gasteiger partial charge in [-0.1, -0.05) is 57.6 Å². The van der Waals surface area contributed by atoms with Crippen molar-refractivity contribution in [2.45, 2.75) is 89.8 Å². The van der Waals surface area contributed by atoms with Crippen LogP contribution in [0.15, 0.2) is 12.2 Å². The van der Waals surface area contributed by atoms with E-state index >= 15 is 0 Å². The van der Waals surface area contributed by atoms with Crippen molar-refractivity contribution in [1.82, 2.24) is 0 Å². The molecule has 0 aromatic carbocycles. The highest BCUT2D eigenvalue weighted by atomic mass is 16.5. The first-order valence-electron chi connectivity index (χ1n) is 9.15. The van der Waals surface area contributed by atoms with E-state index in [9.17, 15) is 19.8 Å². The number of aliphatic hydroxyl groups excluding tert-OH is 2. The number of ether oxygens (including phenoxy) is 1. The maximum absolute atomic E-state index is 11.6. The summed E-state index contributed by atoms with van der Waals surface area (Å²) >= 11 is 0. The van der Waals surface area contributed by atoms with Crippen LogP contribution in [0.5, 0.6) is 0 Å². The molecule has 0 heterocycles. The van der Waals surface area contributed by atoms with Crippen LogP contribution in [0.4, 0.5) is 0 Å². The second kappa shape index (κ2) is 15.3. The van der Waals surface area contributed by atoms with E-state index in [0.29, 0.717) is 19.3 Å². The van der Waals surface area contributed by atoms with Crippen LogP contribution in [-0.2, 0) is 14.3 Å². The molecule has 0 aliphatic rings. The fourth-order valence-electron chi connectivity index (χ4n) is 2.39. The summed E-state index contributed by atoms with van der Waals surface area (Å²) < 4.78 is 4.58. The Balaban J connectivity index is 3.68. The molecule has 0 amide bonds. The summed E-state index contributed by atoms with van der Waals surface area (Å²) in [5.74, 6) is -0.351. The number of rotatable bonds is 15. The number of methoxy groups -OCH3 is 1. The molecule has 0 fully saturated rings. The summed E-state index contributed by atoms with van der Waals surface area (Å²) in [7, 11) is 1.40. The van der Waals surface area contributed by atoms with Crippen molar-refractivity contribution < 1.29 is 24.5 Å². The van der Waals surface area contributed by atoms with Crippen LogP contribution in [0.2, 0.25) is 0 Å². The van der Waals surface area contributed by atoms with E-state index < -0.39 is 12.2 Å². The molecule has 0 aromatic rings. The van der Waals surface area contributed by atoms with Crippen LogP contribution in [0.1, 0.15) is 77.6 Å². The first-order chi connectivity index (χ1) is 11.5. The Kier molecular flexibility index (Phi) is 14.6. The zero-order valence-corrected chi connectivity index (χ0v) is 15.2. The minimum Gasteiger partial charge on any atom is -0.469 e. The highest BCUT2D eigenvalue weighted by molar-refractivity contribution is 5.84. The van der Waals surface area contributed by atoms with Gasteiger partial charge in [-0.25, -0.2) is 0 Å². The zero-order chi connectivity index (χ0) is 18.2. The third-order valence-corrected chi connectivity index (χ3v) is 3.98. The standard InChI is InChI=1S/C19H34O5/c1-3-4-8-12-17(21)18(22)15-14-16(20)11-9-6-5-7-10-13-19(23)24-2/h14-16,18,20,22H,3-13H2,1-2H3/b15-14+. The predicted molar refractivity (Wildman–Crippen MR) is 94.6 cm³/mol. The molecule has 0 rings (SSSR count). The minimum absolute atomic E-state index is 0.168. The van der Waals surface area contributed by atoms with Crippen molar-refractivity contribution in [3.05, 3.63) is 12.2 Å². The van der Waals surface area contributed by atoms with Gasteiger partial charge in [0.15, 0.2) is 5.78 Å². The summed E-state index contributed by atoms with van der Waals surface area (Å²) in [5.41, 5.74) is 0. The van der Waals surface area contributed by atoms with Gasteiger partial charge in [0.2, 0.25) is 0 Å². The molecule has 24 heavy (non-hydrogen) atoms. The summed E-state index contributed by atoms with van der Waals surface area (Å²) in [6.07, 6.45) is 10.2. The van der Waals surface area contributed by atoms with E-state index in [1.165, 1.54) is 19.3 Å². The Bertz CT molecular complexity index is 365. The maximum Gasteiger partial charge on any atom is 0.305 e. The van der Waals surface area contributed by atoms with Gasteiger partial charge >= 0.3 is 5.97 Å². The molecular weight excluding hydrogens is 308 g/mol. The first-order valence-corrected chi connectivity index (χ1v) is 9.15. The number of carbonyl (C=O) groups excluding carboxylic acids is 2. The molecule has 0 radical (unpaired) electrons. The van der Waals surface area contributed by atoms with Crippen LogP contribution in [0.25, 0.3) is 0 Å². The Labute approximate surface area is 146 Å². The van der Waals surface area contributed by atoms with Crippen molar-refractivity contribution in [1.29, 1.82) is 0 Å². The van der Waals surface area contributed by atoms with E-state index in [-0.39, 0.29) is 11.8 Å². The Morgan fingerprint density at radius 3 is 2.21 bits per heavy atom. The SMILES string of the molecule is CCCCCC(=O)C(O)/C=C/C(O)CCCCCCCC(=O)OC. The summed E-state index contributed by atoms with van der Waals surface area (Å²) in [6.45, 7) is 2.07. The summed E-state index contributed by atoms with van der Waals surface area (Å²) in [5, 5.41) is 19.5. The number of aliphatic hydroxyl groups is 2. The van der Waals surface area contributed by atoms with Gasteiger partial charge in [0.05, 0.1) is 13.2 Å². The van der Waals surface area contributed by atoms with Crippen molar-refractivity contribution in [2.75, 3.05) is 7.11 Å². The summed E-state index contributed by atoms with van der Waals surface area (Å²) in [4.78, 5) is 22.6. The number of hydrogen-bond acceptors (Lipinski definition) is 5. The molecular formula is C19H34O5. The predicted octanol–water partition coefficient (Wildman–Crippen LogP) is 3.32. The number of esters is 1. The molecule has 5 nitrogen and oxygen atoms in total. The van der Waals surface area contributed by atoms with E-state index in [1.54, 1.807) is 0 Å². The molecule has 0 aliphatic carbocycles. The van der Waals surface area contributed by atoms with Crippen LogP contribution in [0, 0.1) is 0 Å². The quantitative estimate of drug-likeness (QED) is 0.271. The van der Waals surface area contributed by atoms with Crippen molar-refractivity contribution in [3.63, 3.8) is 0 Å². The minimum atomic E-state index is -1.10. The number of hydrogen-bond donors (Lipinski definition) is 2. The van der Waals surface area contributed by atoms with Gasteiger partial charge < -0.3 is 14.9 Å². The topological polar surface area (TPSA) is 83.8 Å². The van der Waals surface area contributed by atoms with E-state index in [1.807, 2.05) is 0 Å². The Morgan fingerprint density at radius 1 is 0.917 bits per heavy atom. The van der Waals surface area contributed by atoms with Gasteiger partial charge in [0.25, 0.3) is 0 Å². The summed E-state index contributed by atoms with van der Waals surface area (Å²) in [6, 6.07) is 0. The van der Waals surface area contributed by atoms with Crippen LogP contribution in [-0.4, -0.2) is 41.3 Å². The zero-order valence-electron chi connectivity index (χ0n) is 15.2. The van der Waals surface area contributed by atoms with E-state index in [4.69, 9.17) is 0 Å². The molecule has 0 saturated heterocycles. The lowest BCUT2D eigenvalue weighted by Gasteiger charge is -2.08. The molecule has 0 aliphatic heterocycles. The molecule has 2 N–H and O–H groups in total. The van der Waals surface area contributed by atoms with Gasteiger partial charge in [0.1, 0.15) is 6.10 Å². The normalized spacial score (nSPS) is 13.8. The van der Waals surface area contributed by atoms with Crippen LogP contribution >= 0.6 is 0 Å². The third-order valence-electron chi connectivity index (χ3n) is 3.98. The lowest BCUT2D eigenvalue weighted by Crippen LogP contribution is -2.18.